The maximum absolute atomic E-state index is 8.91. The van der Waals surface area contributed by atoms with Crippen LogP contribution < -0.4 is 5.32 Å². The molecule has 0 aliphatic rings. The lowest BCUT2D eigenvalue weighted by Crippen LogP contribution is -2.27. The second kappa shape index (κ2) is 13.2. The summed E-state index contributed by atoms with van der Waals surface area (Å²) in [6, 6.07) is 0. The second-order valence-corrected chi connectivity index (χ2v) is 2.07. The Balaban J connectivity index is 0. The zero-order valence-electron chi connectivity index (χ0n) is 8.04. The van der Waals surface area contributed by atoms with E-state index in [0.717, 1.165) is 0 Å². The Hall–Kier alpha value is -0.420. The van der Waals surface area contributed by atoms with Crippen LogP contribution in [0.5, 0.6) is 0 Å². The van der Waals surface area contributed by atoms with Gasteiger partial charge in [0.1, 0.15) is 6.61 Å². The number of hydrogen-bond acceptors (Lipinski definition) is 4. The predicted molar refractivity (Wildman–Crippen MR) is 48.8 cm³/mol. The highest BCUT2D eigenvalue weighted by atomic mass is 17.2. The monoisotopic (exact) mass is 177 g/mol. The van der Waals surface area contributed by atoms with Crippen LogP contribution in [0.2, 0.25) is 0 Å². The molecule has 0 fully saturated rings. The lowest BCUT2D eigenvalue weighted by atomic mass is 10.4. The summed E-state index contributed by atoms with van der Waals surface area (Å²) in [7, 11) is 3.17. The third kappa shape index (κ3) is 16.3. The lowest BCUT2D eigenvalue weighted by Gasteiger charge is -2.07. The maximum Gasteiger partial charge on any atom is 0.109 e. The first kappa shape index (κ1) is 14.1. The van der Waals surface area contributed by atoms with Gasteiger partial charge >= 0.3 is 0 Å². The highest BCUT2D eigenvalue weighted by molar-refractivity contribution is 4.53. The standard InChI is InChI=1S/C5H13NO3.C3H6/c1-6-3-5(7)4-9-8-2;1-3-2/h5-7H,3-4H2,1-2H3;3H,1H2,2H3. The number of allylic oxidation sites excluding steroid dienone is 1. The Morgan fingerprint density at radius 1 is 1.67 bits per heavy atom. The molecule has 1 unspecified atom stereocenters. The van der Waals surface area contributed by atoms with Gasteiger partial charge in [-0.05, 0) is 14.0 Å². The molecule has 4 nitrogen and oxygen atoms in total. The van der Waals surface area contributed by atoms with Crippen molar-refractivity contribution < 1.29 is 14.9 Å². The van der Waals surface area contributed by atoms with E-state index < -0.39 is 6.10 Å². The molecule has 4 heteroatoms. The third-order valence-electron chi connectivity index (χ3n) is 0.818. The van der Waals surface area contributed by atoms with Gasteiger partial charge in [-0.1, -0.05) is 6.08 Å². The Morgan fingerprint density at radius 3 is 2.50 bits per heavy atom. The highest BCUT2D eigenvalue weighted by Gasteiger charge is 2.00. The molecule has 0 saturated carbocycles. The molecule has 0 radical (unpaired) electrons. The van der Waals surface area contributed by atoms with Crippen LogP contribution >= 0.6 is 0 Å². The first-order chi connectivity index (χ1) is 5.72. The van der Waals surface area contributed by atoms with E-state index in [0.29, 0.717) is 6.54 Å². The largest absolute Gasteiger partial charge is 0.389 e. The molecule has 74 valence electrons. The average Bonchev–Trinajstić information content (AvgIpc) is 2.03. The molecule has 12 heavy (non-hydrogen) atoms. The molecule has 0 aromatic rings. The summed E-state index contributed by atoms with van der Waals surface area (Å²) < 4.78 is 0. The van der Waals surface area contributed by atoms with Gasteiger partial charge < -0.3 is 10.4 Å². The zero-order chi connectivity index (χ0) is 9.82. The molecular formula is C8H19NO3. The second-order valence-electron chi connectivity index (χ2n) is 2.07. The van der Waals surface area contributed by atoms with Gasteiger partial charge in [0.05, 0.1) is 13.2 Å². The molecule has 0 amide bonds. The number of aliphatic hydroxyl groups is 1. The van der Waals surface area contributed by atoms with Crippen LogP contribution in [0.4, 0.5) is 0 Å². The molecule has 2 N–H and O–H groups in total. The van der Waals surface area contributed by atoms with Gasteiger partial charge in [0.2, 0.25) is 0 Å². The highest BCUT2D eigenvalue weighted by Crippen LogP contribution is 1.81. The summed E-state index contributed by atoms with van der Waals surface area (Å²) in [5, 5.41) is 11.7. The summed E-state index contributed by atoms with van der Waals surface area (Å²) >= 11 is 0. The Labute approximate surface area is 74.1 Å². The van der Waals surface area contributed by atoms with Gasteiger partial charge in [0, 0.05) is 6.54 Å². The SMILES string of the molecule is C=CC.CNCC(O)COOC. The molecule has 0 aromatic heterocycles. The first-order valence-electron chi connectivity index (χ1n) is 3.78. The van der Waals surface area contributed by atoms with E-state index in [1.165, 1.54) is 7.11 Å². The summed E-state index contributed by atoms with van der Waals surface area (Å²) in [5.74, 6) is 0. The van der Waals surface area contributed by atoms with Crippen LogP contribution in [0.25, 0.3) is 0 Å². The molecule has 0 spiro atoms. The van der Waals surface area contributed by atoms with E-state index in [-0.39, 0.29) is 6.61 Å². The molecular weight excluding hydrogens is 158 g/mol. The summed E-state index contributed by atoms with van der Waals surface area (Å²) in [5.41, 5.74) is 0. The van der Waals surface area contributed by atoms with E-state index in [1.54, 1.807) is 13.1 Å². The summed E-state index contributed by atoms with van der Waals surface area (Å²) in [4.78, 5) is 8.73. The zero-order valence-corrected chi connectivity index (χ0v) is 8.04. The van der Waals surface area contributed by atoms with Gasteiger partial charge in [0.25, 0.3) is 0 Å². The van der Waals surface area contributed by atoms with Crippen molar-refractivity contribution >= 4 is 0 Å². The fourth-order valence-electron chi connectivity index (χ4n) is 0.441. The number of nitrogens with one attached hydrogen (secondary N) is 1. The first-order valence-corrected chi connectivity index (χ1v) is 3.78. The number of aliphatic hydroxyl groups excluding tert-OH is 1. The van der Waals surface area contributed by atoms with Crippen LogP contribution in [-0.2, 0) is 9.78 Å². The Bertz CT molecular complexity index is 88.4. The van der Waals surface area contributed by atoms with Crippen molar-refractivity contribution in [2.24, 2.45) is 0 Å². The number of likely N-dealkylation sites (N-methyl/N-ethyl adjacent to an activating group) is 1. The molecule has 0 saturated heterocycles. The van der Waals surface area contributed by atoms with Gasteiger partial charge in [-0.2, -0.15) is 0 Å². The fourth-order valence-corrected chi connectivity index (χ4v) is 0.441. The van der Waals surface area contributed by atoms with Crippen molar-refractivity contribution in [1.82, 2.24) is 5.32 Å². The maximum atomic E-state index is 8.91. The van der Waals surface area contributed by atoms with Gasteiger partial charge in [0.15, 0.2) is 0 Å². The normalized spacial score (nSPS) is 11.3. The Morgan fingerprint density at radius 2 is 2.17 bits per heavy atom. The van der Waals surface area contributed by atoms with Crippen molar-refractivity contribution in [3.05, 3.63) is 12.7 Å². The topological polar surface area (TPSA) is 50.7 Å². The van der Waals surface area contributed by atoms with Gasteiger partial charge in [-0.25, -0.2) is 9.78 Å². The lowest BCUT2D eigenvalue weighted by molar-refractivity contribution is -0.283. The van der Waals surface area contributed by atoms with Crippen LogP contribution in [0, 0.1) is 0 Å². The van der Waals surface area contributed by atoms with Crippen LogP contribution in [-0.4, -0.2) is 38.5 Å². The van der Waals surface area contributed by atoms with Gasteiger partial charge in [-0.3, -0.25) is 0 Å². The molecule has 0 aliphatic heterocycles. The molecule has 0 aliphatic carbocycles. The fraction of sp³-hybridized carbons (Fsp3) is 0.750. The third-order valence-corrected chi connectivity index (χ3v) is 0.818. The molecule has 0 bridgehead atoms. The van der Waals surface area contributed by atoms with E-state index in [2.05, 4.69) is 21.7 Å². The van der Waals surface area contributed by atoms with Crippen LogP contribution in [0.1, 0.15) is 6.92 Å². The van der Waals surface area contributed by atoms with E-state index >= 15 is 0 Å². The van der Waals surface area contributed by atoms with Crippen LogP contribution in [0.15, 0.2) is 12.7 Å². The van der Waals surface area contributed by atoms with E-state index in [4.69, 9.17) is 5.11 Å². The van der Waals surface area contributed by atoms with Crippen molar-refractivity contribution in [2.45, 2.75) is 13.0 Å². The summed E-state index contributed by atoms with van der Waals surface area (Å²) in [6.07, 6.45) is 1.26. The predicted octanol–water partition coefficient (Wildman–Crippen LogP) is 0.337. The van der Waals surface area contributed by atoms with E-state index in [9.17, 15) is 0 Å². The quantitative estimate of drug-likeness (QED) is 0.361. The van der Waals surface area contributed by atoms with Crippen molar-refractivity contribution in [1.29, 1.82) is 0 Å². The van der Waals surface area contributed by atoms with Crippen LogP contribution in [0.3, 0.4) is 0 Å². The van der Waals surface area contributed by atoms with Crippen molar-refractivity contribution in [2.75, 3.05) is 27.3 Å². The smallest absolute Gasteiger partial charge is 0.109 e. The average molecular weight is 177 g/mol. The van der Waals surface area contributed by atoms with Crippen molar-refractivity contribution in [3.8, 4) is 0 Å². The molecule has 0 rings (SSSR count). The summed E-state index contributed by atoms with van der Waals surface area (Å²) in [6.45, 7) is 5.97. The number of rotatable bonds is 5. The molecule has 1 atom stereocenters. The van der Waals surface area contributed by atoms with Crippen molar-refractivity contribution in [3.63, 3.8) is 0 Å². The minimum absolute atomic E-state index is 0.206. The molecule has 0 aromatic carbocycles. The number of hydrogen-bond donors (Lipinski definition) is 2. The minimum atomic E-state index is -0.491. The Kier molecular flexibility index (Phi) is 15.5. The van der Waals surface area contributed by atoms with Gasteiger partial charge in [-0.15, -0.1) is 6.58 Å². The minimum Gasteiger partial charge on any atom is -0.389 e. The molecule has 0 heterocycles. The van der Waals surface area contributed by atoms with E-state index in [1.807, 2.05) is 6.92 Å².